The Bertz CT molecular complexity index is 651. The Morgan fingerprint density at radius 2 is 1.85 bits per heavy atom. The van der Waals surface area contributed by atoms with Crippen molar-refractivity contribution in [3.8, 4) is 11.5 Å². The molecular weight excluding hydrogens is 279 g/mol. The molecule has 0 bridgehead atoms. The van der Waals surface area contributed by atoms with Gasteiger partial charge in [-0.1, -0.05) is 6.07 Å². The standard InChI is InChI=1S/C14H13FN2O2S/c1-18-13-4-3-8(5-14(13)19-2)9-6-11(16)12(17-20)7-10(9)15/h3-7,16,20H,1-2H3/b16-11?,17-12-. The molecule has 0 unspecified atom stereocenters. The molecule has 6 heteroatoms. The summed E-state index contributed by atoms with van der Waals surface area (Å²) in [7, 11) is 3.04. The molecule has 2 rings (SSSR count). The van der Waals surface area contributed by atoms with Crippen LogP contribution in [0.15, 0.2) is 40.6 Å². The van der Waals surface area contributed by atoms with Gasteiger partial charge in [0.25, 0.3) is 0 Å². The molecule has 0 saturated carbocycles. The Morgan fingerprint density at radius 3 is 2.45 bits per heavy atom. The molecule has 0 amide bonds. The van der Waals surface area contributed by atoms with Crippen molar-refractivity contribution in [2.75, 3.05) is 14.2 Å². The third kappa shape index (κ3) is 2.60. The van der Waals surface area contributed by atoms with Gasteiger partial charge in [0.15, 0.2) is 11.5 Å². The maximum Gasteiger partial charge on any atom is 0.161 e. The molecule has 1 aliphatic carbocycles. The highest BCUT2D eigenvalue weighted by atomic mass is 32.1. The predicted octanol–water partition coefficient (Wildman–Crippen LogP) is 3.26. The van der Waals surface area contributed by atoms with Gasteiger partial charge in [0.1, 0.15) is 5.83 Å². The maximum atomic E-state index is 14.1. The lowest BCUT2D eigenvalue weighted by Gasteiger charge is -2.14. The van der Waals surface area contributed by atoms with Gasteiger partial charge in [-0.05, 0) is 36.6 Å². The molecular formula is C14H13FN2O2S. The van der Waals surface area contributed by atoms with E-state index >= 15 is 0 Å². The monoisotopic (exact) mass is 292 g/mol. The third-order valence-electron chi connectivity index (χ3n) is 2.89. The first-order valence-corrected chi connectivity index (χ1v) is 6.13. The zero-order valence-electron chi connectivity index (χ0n) is 11.0. The average Bonchev–Trinajstić information content (AvgIpc) is 2.48. The molecule has 1 aliphatic rings. The summed E-state index contributed by atoms with van der Waals surface area (Å²) in [6.07, 6.45) is 2.59. The number of benzene rings is 1. The lowest BCUT2D eigenvalue weighted by Crippen LogP contribution is -2.12. The Kier molecular flexibility index (Phi) is 4.24. The summed E-state index contributed by atoms with van der Waals surface area (Å²) in [6, 6.07) is 5.05. The van der Waals surface area contributed by atoms with Gasteiger partial charge < -0.3 is 9.47 Å². The number of ether oxygens (including phenoxy) is 2. The van der Waals surface area contributed by atoms with Crippen molar-refractivity contribution in [1.82, 2.24) is 0 Å². The average molecular weight is 292 g/mol. The van der Waals surface area contributed by atoms with Crippen molar-refractivity contribution < 1.29 is 13.9 Å². The molecule has 1 aromatic rings. The van der Waals surface area contributed by atoms with E-state index in [2.05, 4.69) is 17.2 Å². The fraction of sp³-hybridized carbons (Fsp3) is 0.143. The van der Waals surface area contributed by atoms with Crippen molar-refractivity contribution >= 4 is 29.8 Å². The topological polar surface area (TPSA) is 54.7 Å². The Morgan fingerprint density at radius 1 is 1.15 bits per heavy atom. The van der Waals surface area contributed by atoms with Crippen LogP contribution in [-0.4, -0.2) is 25.6 Å². The summed E-state index contributed by atoms with van der Waals surface area (Å²) in [4.78, 5) is 0. The first kappa shape index (κ1) is 14.3. The quantitative estimate of drug-likeness (QED) is 0.663. The number of rotatable bonds is 3. The minimum atomic E-state index is -0.471. The highest BCUT2D eigenvalue weighted by Crippen LogP contribution is 2.34. The summed E-state index contributed by atoms with van der Waals surface area (Å²) in [5.74, 6) is 0.588. The van der Waals surface area contributed by atoms with Gasteiger partial charge in [-0.15, -0.1) is 0 Å². The first-order valence-electron chi connectivity index (χ1n) is 5.73. The number of nitrogens with one attached hydrogen (secondary N) is 1. The van der Waals surface area contributed by atoms with Crippen LogP contribution >= 0.6 is 12.8 Å². The van der Waals surface area contributed by atoms with E-state index in [0.717, 1.165) is 0 Å². The van der Waals surface area contributed by atoms with Gasteiger partial charge in [0, 0.05) is 11.6 Å². The number of hydrogen-bond acceptors (Lipinski definition) is 5. The van der Waals surface area contributed by atoms with Crippen molar-refractivity contribution in [3.63, 3.8) is 0 Å². The van der Waals surface area contributed by atoms with Crippen LogP contribution in [0.25, 0.3) is 5.57 Å². The molecule has 0 radical (unpaired) electrons. The second kappa shape index (κ2) is 5.92. The Hall–Kier alpha value is -2.08. The zero-order valence-corrected chi connectivity index (χ0v) is 11.9. The predicted molar refractivity (Wildman–Crippen MR) is 80.9 cm³/mol. The number of hydrogen-bond donors (Lipinski definition) is 2. The number of halogens is 1. The summed E-state index contributed by atoms with van der Waals surface area (Å²) in [5, 5.41) is 7.77. The van der Waals surface area contributed by atoms with Gasteiger partial charge in [-0.25, -0.2) is 8.79 Å². The van der Waals surface area contributed by atoms with Crippen molar-refractivity contribution in [2.24, 2.45) is 4.40 Å². The smallest absolute Gasteiger partial charge is 0.161 e. The van der Waals surface area contributed by atoms with E-state index in [4.69, 9.17) is 14.9 Å². The van der Waals surface area contributed by atoms with Crippen LogP contribution < -0.4 is 9.47 Å². The summed E-state index contributed by atoms with van der Waals surface area (Å²) in [5.41, 5.74) is 1.19. The third-order valence-corrected chi connectivity index (χ3v) is 3.10. The molecule has 0 spiro atoms. The van der Waals surface area contributed by atoms with Crippen molar-refractivity contribution in [3.05, 3.63) is 41.7 Å². The molecule has 104 valence electrons. The van der Waals surface area contributed by atoms with Gasteiger partial charge in [-0.2, -0.15) is 0 Å². The lowest BCUT2D eigenvalue weighted by molar-refractivity contribution is 0.355. The number of nitrogens with zero attached hydrogens (tertiary/aromatic N) is 1. The molecule has 4 nitrogen and oxygen atoms in total. The molecule has 0 heterocycles. The van der Waals surface area contributed by atoms with Crippen molar-refractivity contribution in [2.45, 2.75) is 0 Å². The van der Waals surface area contributed by atoms with Crippen LogP contribution in [0.3, 0.4) is 0 Å². The van der Waals surface area contributed by atoms with Crippen LogP contribution in [0.1, 0.15) is 5.56 Å². The van der Waals surface area contributed by atoms with Crippen molar-refractivity contribution in [1.29, 1.82) is 5.41 Å². The minimum Gasteiger partial charge on any atom is -0.493 e. The second-order valence-electron chi connectivity index (χ2n) is 4.02. The summed E-state index contributed by atoms with van der Waals surface area (Å²) >= 11 is 3.71. The minimum absolute atomic E-state index is 0.103. The Balaban J connectivity index is 2.47. The maximum absolute atomic E-state index is 14.1. The molecule has 0 aliphatic heterocycles. The molecule has 0 aromatic heterocycles. The van der Waals surface area contributed by atoms with E-state index in [1.54, 1.807) is 18.2 Å². The van der Waals surface area contributed by atoms with Gasteiger partial charge in [0.05, 0.1) is 25.6 Å². The van der Waals surface area contributed by atoms with E-state index in [1.165, 1.54) is 26.4 Å². The van der Waals surface area contributed by atoms with E-state index in [9.17, 15) is 4.39 Å². The number of thiol groups is 1. The molecule has 0 fully saturated rings. The lowest BCUT2D eigenvalue weighted by atomic mass is 9.96. The van der Waals surface area contributed by atoms with Crippen LogP contribution in [0.2, 0.25) is 0 Å². The second-order valence-corrected chi connectivity index (χ2v) is 4.22. The zero-order chi connectivity index (χ0) is 14.7. The summed E-state index contributed by atoms with van der Waals surface area (Å²) < 4.78 is 27.9. The van der Waals surface area contributed by atoms with Gasteiger partial charge in [-0.3, -0.25) is 5.41 Å². The highest BCUT2D eigenvalue weighted by Gasteiger charge is 2.18. The number of allylic oxidation sites excluding steroid dienone is 4. The molecule has 0 atom stereocenters. The molecule has 1 aromatic carbocycles. The molecule has 20 heavy (non-hydrogen) atoms. The first-order chi connectivity index (χ1) is 9.60. The van der Waals surface area contributed by atoms with Crippen LogP contribution in [0, 0.1) is 5.41 Å². The fourth-order valence-electron chi connectivity index (χ4n) is 1.87. The highest BCUT2D eigenvalue weighted by molar-refractivity contribution is 7.79. The van der Waals surface area contributed by atoms with Crippen LogP contribution in [-0.2, 0) is 0 Å². The fourth-order valence-corrected chi connectivity index (χ4v) is 2.04. The SMILES string of the molecule is COc1ccc(C2=CC(=N)/C(=N\S)C=C2F)cc1OC. The van der Waals surface area contributed by atoms with Crippen LogP contribution in [0.5, 0.6) is 11.5 Å². The summed E-state index contributed by atoms with van der Waals surface area (Å²) in [6.45, 7) is 0. The van der Waals surface area contributed by atoms with E-state index < -0.39 is 5.83 Å². The number of methoxy groups -OCH3 is 2. The van der Waals surface area contributed by atoms with E-state index in [-0.39, 0.29) is 11.4 Å². The normalized spacial score (nSPS) is 16.8. The largest absolute Gasteiger partial charge is 0.493 e. The Labute approximate surface area is 121 Å². The molecule has 0 saturated heterocycles. The van der Waals surface area contributed by atoms with E-state index in [1.807, 2.05) is 0 Å². The van der Waals surface area contributed by atoms with Crippen LogP contribution in [0.4, 0.5) is 4.39 Å². The van der Waals surface area contributed by atoms with Gasteiger partial charge in [0.2, 0.25) is 0 Å². The van der Waals surface area contributed by atoms with Gasteiger partial charge >= 0.3 is 0 Å². The molecule has 1 N–H and O–H groups in total. The van der Waals surface area contributed by atoms with E-state index in [0.29, 0.717) is 22.6 Å².